The second kappa shape index (κ2) is 3.51. The highest BCUT2D eigenvalue weighted by atomic mass is 19.1. The molecule has 0 unspecified atom stereocenters. The van der Waals surface area contributed by atoms with Crippen molar-refractivity contribution in [2.75, 3.05) is 6.54 Å². The highest BCUT2D eigenvalue weighted by molar-refractivity contribution is 5.29. The van der Waals surface area contributed by atoms with Crippen LogP contribution in [0, 0.1) is 5.82 Å². The number of phenols is 1. The first kappa shape index (κ1) is 8.96. The third kappa shape index (κ3) is 1.72. The molecule has 5 N–H and O–H groups in total. The number of halogens is 1. The Balaban J connectivity index is 3.01. The zero-order chi connectivity index (χ0) is 9.14. The zero-order valence-electron chi connectivity index (χ0n) is 6.50. The van der Waals surface area contributed by atoms with Crippen molar-refractivity contribution < 1.29 is 9.50 Å². The molecule has 1 atom stereocenters. The Hall–Kier alpha value is -1.13. The van der Waals surface area contributed by atoms with Gasteiger partial charge < -0.3 is 16.6 Å². The topological polar surface area (TPSA) is 72.3 Å². The van der Waals surface area contributed by atoms with E-state index in [4.69, 9.17) is 16.6 Å². The molecule has 0 radical (unpaired) electrons. The second-order valence-corrected chi connectivity index (χ2v) is 2.55. The van der Waals surface area contributed by atoms with E-state index in [-0.39, 0.29) is 12.3 Å². The van der Waals surface area contributed by atoms with Crippen molar-refractivity contribution in [3.05, 3.63) is 29.6 Å². The molecule has 0 aliphatic rings. The molecule has 0 amide bonds. The highest BCUT2D eigenvalue weighted by Gasteiger charge is 2.09. The second-order valence-electron chi connectivity index (χ2n) is 2.55. The molecular formula is C8H11FN2O. The van der Waals surface area contributed by atoms with E-state index in [1.54, 1.807) is 0 Å². The summed E-state index contributed by atoms with van der Waals surface area (Å²) in [4.78, 5) is 0. The van der Waals surface area contributed by atoms with Crippen LogP contribution in [0.5, 0.6) is 5.75 Å². The minimum Gasteiger partial charge on any atom is -0.508 e. The summed E-state index contributed by atoms with van der Waals surface area (Å²) in [6.45, 7) is 0.182. The van der Waals surface area contributed by atoms with E-state index in [2.05, 4.69) is 0 Å². The normalized spacial score (nSPS) is 12.9. The Bertz CT molecular complexity index is 278. The van der Waals surface area contributed by atoms with Gasteiger partial charge in [-0.1, -0.05) is 6.07 Å². The van der Waals surface area contributed by atoms with Crippen molar-refractivity contribution in [2.24, 2.45) is 11.5 Å². The molecule has 3 nitrogen and oxygen atoms in total. The van der Waals surface area contributed by atoms with Gasteiger partial charge in [0.2, 0.25) is 0 Å². The van der Waals surface area contributed by atoms with Crippen LogP contribution < -0.4 is 11.5 Å². The van der Waals surface area contributed by atoms with Crippen LogP contribution in [-0.4, -0.2) is 11.7 Å². The average molecular weight is 170 g/mol. The van der Waals surface area contributed by atoms with Gasteiger partial charge in [0.1, 0.15) is 11.6 Å². The molecule has 1 aromatic rings. The molecule has 1 rings (SSSR count). The lowest BCUT2D eigenvalue weighted by Crippen LogP contribution is -2.21. The number of phenolic OH excluding ortho intramolecular Hbond substituents is 1. The van der Waals surface area contributed by atoms with E-state index >= 15 is 0 Å². The molecule has 12 heavy (non-hydrogen) atoms. The number of hydrogen-bond donors (Lipinski definition) is 3. The van der Waals surface area contributed by atoms with Crippen molar-refractivity contribution in [1.29, 1.82) is 0 Å². The van der Waals surface area contributed by atoms with Gasteiger partial charge in [0.25, 0.3) is 0 Å². The van der Waals surface area contributed by atoms with Gasteiger partial charge in [-0.3, -0.25) is 0 Å². The molecule has 4 heteroatoms. The lowest BCUT2D eigenvalue weighted by atomic mass is 10.1. The molecule has 0 saturated carbocycles. The van der Waals surface area contributed by atoms with E-state index in [1.165, 1.54) is 12.1 Å². The van der Waals surface area contributed by atoms with Gasteiger partial charge in [0.15, 0.2) is 0 Å². The Morgan fingerprint density at radius 3 is 2.67 bits per heavy atom. The summed E-state index contributed by atoms with van der Waals surface area (Å²) in [5.41, 5.74) is 11.1. The maximum atomic E-state index is 13.0. The van der Waals surface area contributed by atoms with Crippen molar-refractivity contribution in [3.63, 3.8) is 0 Å². The Labute approximate surface area is 69.8 Å². The van der Waals surface area contributed by atoms with Gasteiger partial charge in [-0.05, 0) is 6.07 Å². The number of nitrogens with two attached hydrogens (primary N) is 2. The van der Waals surface area contributed by atoms with Crippen molar-refractivity contribution in [2.45, 2.75) is 6.04 Å². The quantitative estimate of drug-likeness (QED) is 0.604. The standard InChI is InChI=1S/C8H11FN2O/c9-7-3-5(12)1-2-6(7)8(11)4-10/h1-3,8,12H,4,10-11H2/t8-/m1/s1. The van der Waals surface area contributed by atoms with Gasteiger partial charge in [0, 0.05) is 24.2 Å². The van der Waals surface area contributed by atoms with Crippen LogP contribution in [0.25, 0.3) is 0 Å². The zero-order valence-corrected chi connectivity index (χ0v) is 6.50. The van der Waals surface area contributed by atoms with E-state index in [0.29, 0.717) is 5.56 Å². The minimum absolute atomic E-state index is 0.111. The summed E-state index contributed by atoms with van der Waals surface area (Å²) >= 11 is 0. The van der Waals surface area contributed by atoms with Crippen molar-refractivity contribution >= 4 is 0 Å². The fourth-order valence-corrected chi connectivity index (χ4v) is 0.944. The van der Waals surface area contributed by atoms with E-state index in [0.717, 1.165) is 6.07 Å². The maximum absolute atomic E-state index is 13.0. The highest BCUT2D eigenvalue weighted by Crippen LogP contribution is 2.18. The number of hydrogen-bond acceptors (Lipinski definition) is 3. The molecular weight excluding hydrogens is 159 g/mol. The Morgan fingerprint density at radius 2 is 2.17 bits per heavy atom. The van der Waals surface area contributed by atoms with Gasteiger partial charge >= 0.3 is 0 Å². The first-order valence-corrected chi connectivity index (χ1v) is 3.59. The summed E-state index contributed by atoms with van der Waals surface area (Å²) in [6.07, 6.45) is 0. The molecule has 0 aromatic heterocycles. The molecule has 0 fully saturated rings. The van der Waals surface area contributed by atoms with Gasteiger partial charge in [-0.15, -0.1) is 0 Å². The number of rotatable bonds is 2. The molecule has 0 heterocycles. The minimum atomic E-state index is -0.520. The van der Waals surface area contributed by atoms with Crippen molar-refractivity contribution in [3.8, 4) is 5.75 Å². The van der Waals surface area contributed by atoms with Crippen LogP contribution in [0.2, 0.25) is 0 Å². The molecule has 0 bridgehead atoms. The molecule has 1 aromatic carbocycles. The summed E-state index contributed by atoms with van der Waals surface area (Å²) in [5, 5.41) is 8.88. The van der Waals surface area contributed by atoms with E-state index in [9.17, 15) is 4.39 Å². The SMILES string of the molecule is NC[C@@H](N)c1ccc(O)cc1F. The van der Waals surface area contributed by atoms with Crippen molar-refractivity contribution in [1.82, 2.24) is 0 Å². The predicted molar refractivity (Wildman–Crippen MR) is 44.0 cm³/mol. The van der Waals surface area contributed by atoms with Crippen LogP contribution in [-0.2, 0) is 0 Å². The van der Waals surface area contributed by atoms with Crippen LogP contribution in [0.3, 0.4) is 0 Å². The Kier molecular flexibility index (Phi) is 2.62. The fourth-order valence-electron chi connectivity index (χ4n) is 0.944. The molecule has 0 saturated heterocycles. The van der Waals surface area contributed by atoms with Crippen LogP contribution in [0.15, 0.2) is 18.2 Å². The lowest BCUT2D eigenvalue weighted by molar-refractivity contribution is 0.466. The monoisotopic (exact) mass is 170 g/mol. The summed E-state index contributed by atoms with van der Waals surface area (Å²) in [5.74, 6) is -0.631. The van der Waals surface area contributed by atoms with E-state index < -0.39 is 11.9 Å². The third-order valence-corrected chi connectivity index (χ3v) is 1.64. The van der Waals surface area contributed by atoms with Crippen LogP contribution in [0.1, 0.15) is 11.6 Å². The first-order chi connectivity index (χ1) is 5.65. The van der Waals surface area contributed by atoms with Crippen LogP contribution in [0.4, 0.5) is 4.39 Å². The predicted octanol–water partition coefficient (Wildman–Crippen LogP) is 0.490. The Morgan fingerprint density at radius 1 is 1.50 bits per heavy atom. The largest absolute Gasteiger partial charge is 0.508 e. The summed E-state index contributed by atoms with van der Waals surface area (Å²) in [7, 11) is 0. The maximum Gasteiger partial charge on any atom is 0.131 e. The molecule has 66 valence electrons. The average Bonchev–Trinajstić information content (AvgIpc) is 2.03. The molecule has 0 aliphatic carbocycles. The summed E-state index contributed by atoms with van der Waals surface area (Å²) in [6, 6.07) is 3.33. The van der Waals surface area contributed by atoms with E-state index in [1.807, 2.05) is 0 Å². The smallest absolute Gasteiger partial charge is 0.131 e. The molecule has 0 spiro atoms. The van der Waals surface area contributed by atoms with Gasteiger partial charge in [-0.25, -0.2) is 4.39 Å². The number of benzene rings is 1. The molecule has 0 aliphatic heterocycles. The van der Waals surface area contributed by atoms with Gasteiger partial charge in [0.05, 0.1) is 0 Å². The number of aromatic hydroxyl groups is 1. The van der Waals surface area contributed by atoms with Gasteiger partial charge in [-0.2, -0.15) is 0 Å². The fraction of sp³-hybridized carbons (Fsp3) is 0.250. The summed E-state index contributed by atoms with van der Waals surface area (Å²) < 4.78 is 13.0. The van der Waals surface area contributed by atoms with Crippen LogP contribution >= 0.6 is 0 Å². The first-order valence-electron chi connectivity index (χ1n) is 3.59. The lowest BCUT2D eigenvalue weighted by Gasteiger charge is -2.09. The third-order valence-electron chi connectivity index (χ3n) is 1.64.